The number of nitriles is 1. The van der Waals surface area contributed by atoms with Crippen LogP contribution in [-0.4, -0.2) is 37.1 Å². The van der Waals surface area contributed by atoms with Crippen LogP contribution in [0.5, 0.6) is 5.88 Å². The number of esters is 1. The van der Waals surface area contributed by atoms with E-state index >= 15 is 0 Å². The zero-order valence-corrected chi connectivity index (χ0v) is 18.0. The lowest BCUT2D eigenvalue weighted by molar-refractivity contribution is -0.137. The second-order valence-corrected chi connectivity index (χ2v) is 8.12. The number of rotatable bonds is 7. The Morgan fingerprint density at radius 2 is 2.03 bits per heavy atom. The molecule has 10 heteroatoms. The molecular formula is C22H18FN3O5S. The molecule has 0 saturated carbocycles. The second-order valence-electron chi connectivity index (χ2n) is 6.34. The molecule has 0 fully saturated rings. The lowest BCUT2D eigenvalue weighted by Gasteiger charge is -2.13. The van der Waals surface area contributed by atoms with Crippen molar-refractivity contribution in [1.82, 2.24) is 8.96 Å². The van der Waals surface area contributed by atoms with E-state index in [0.717, 1.165) is 3.97 Å². The number of nitrogens with zero attached hydrogens (tertiary/aromatic N) is 3. The first kappa shape index (κ1) is 22.7. The van der Waals surface area contributed by atoms with Gasteiger partial charge in [-0.1, -0.05) is 12.1 Å². The fourth-order valence-corrected chi connectivity index (χ4v) is 4.44. The number of ether oxygens (including phenoxy) is 2. The molecule has 0 aliphatic carbocycles. The molecule has 0 radical (unpaired) electrons. The van der Waals surface area contributed by atoms with Crippen molar-refractivity contribution in [2.24, 2.45) is 0 Å². The summed E-state index contributed by atoms with van der Waals surface area (Å²) < 4.78 is 52.3. The van der Waals surface area contributed by atoms with Gasteiger partial charge < -0.3 is 9.47 Å². The van der Waals surface area contributed by atoms with Gasteiger partial charge in [0.25, 0.3) is 10.0 Å². The van der Waals surface area contributed by atoms with Crippen molar-refractivity contribution in [3.05, 3.63) is 71.8 Å². The highest BCUT2D eigenvalue weighted by molar-refractivity contribution is 7.90. The van der Waals surface area contributed by atoms with Gasteiger partial charge in [-0.2, -0.15) is 5.26 Å². The molecule has 1 aromatic carbocycles. The Bertz CT molecular complexity index is 1340. The Morgan fingerprint density at radius 3 is 2.69 bits per heavy atom. The van der Waals surface area contributed by atoms with Gasteiger partial charge in [0.1, 0.15) is 22.4 Å². The van der Waals surface area contributed by atoms with Crippen LogP contribution in [0.15, 0.2) is 65.3 Å². The van der Waals surface area contributed by atoms with Gasteiger partial charge in [0.2, 0.25) is 5.88 Å². The van der Waals surface area contributed by atoms with Gasteiger partial charge in [0, 0.05) is 18.0 Å². The van der Waals surface area contributed by atoms with Gasteiger partial charge >= 0.3 is 5.97 Å². The highest BCUT2D eigenvalue weighted by atomic mass is 32.2. The number of benzene rings is 1. The van der Waals surface area contributed by atoms with Crippen LogP contribution in [0.25, 0.3) is 17.3 Å². The van der Waals surface area contributed by atoms with Gasteiger partial charge in [-0.3, -0.25) is 0 Å². The third kappa shape index (κ3) is 4.38. The number of halogens is 1. The van der Waals surface area contributed by atoms with Crippen molar-refractivity contribution in [1.29, 1.82) is 5.26 Å². The Balaban J connectivity index is 2.27. The van der Waals surface area contributed by atoms with Crippen molar-refractivity contribution in [3.63, 3.8) is 0 Å². The summed E-state index contributed by atoms with van der Waals surface area (Å²) in [7, 11) is -3.02. The SMILES string of the molecule is CCOC(=O)/C(C#N)=C/c1cc(-c2ccccc2F)n(S(=O)(=O)c2cccnc2OC)c1. The molecule has 0 N–H and O–H groups in total. The average molecular weight is 455 g/mol. The summed E-state index contributed by atoms with van der Waals surface area (Å²) >= 11 is 0. The van der Waals surface area contributed by atoms with Crippen molar-refractivity contribution < 1.29 is 27.1 Å². The van der Waals surface area contributed by atoms with E-state index in [1.54, 1.807) is 19.1 Å². The Hall–Kier alpha value is -3.97. The predicted molar refractivity (Wildman–Crippen MR) is 113 cm³/mol. The molecule has 0 aliphatic heterocycles. The lowest BCUT2D eigenvalue weighted by atomic mass is 10.1. The zero-order valence-electron chi connectivity index (χ0n) is 17.1. The number of pyridine rings is 1. The fourth-order valence-electron chi connectivity index (χ4n) is 2.95. The maximum absolute atomic E-state index is 14.6. The van der Waals surface area contributed by atoms with Gasteiger partial charge in [0.15, 0.2) is 0 Å². The minimum Gasteiger partial charge on any atom is -0.480 e. The van der Waals surface area contributed by atoms with Crippen molar-refractivity contribution in [2.75, 3.05) is 13.7 Å². The molecule has 3 aromatic rings. The lowest BCUT2D eigenvalue weighted by Crippen LogP contribution is -2.15. The number of hydrogen-bond donors (Lipinski definition) is 0. The van der Waals surface area contributed by atoms with Gasteiger partial charge in [-0.15, -0.1) is 0 Å². The maximum Gasteiger partial charge on any atom is 0.348 e. The van der Waals surface area contributed by atoms with Crippen LogP contribution in [0.2, 0.25) is 0 Å². The molecule has 0 saturated heterocycles. The van der Waals surface area contributed by atoms with E-state index in [1.807, 2.05) is 0 Å². The average Bonchev–Trinajstić information content (AvgIpc) is 3.22. The fraction of sp³-hybridized carbons (Fsp3) is 0.136. The quantitative estimate of drug-likeness (QED) is 0.305. The monoisotopic (exact) mass is 455 g/mol. The number of carbonyl (C=O) groups excluding carboxylic acids is 1. The van der Waals surface area contributed by atoms with Gasteiger partial charge in [-0.25, -0.2) is 26.6 Å². The normalized spacial score (nSPS) is 11.6. The third-order valence-corrected chi connectivity index (χ3v) is 6.04. The number of methoxy groups -OCH3 is 1. The highest BCUT2D eigenvalue weighted by Gasteiger charge is 2.27. The van der Waals surface area contributed by atoms with E-state index in [2.05, 4.69) is 4.98 Å². The smallest absolute Gasteiger partial charge is 0.348 e. The van der Waals surface area contributed by atoms with Crippen LogP contribution < -0.4 is 4.74 Å². The van der Waals surface area contributed by atoms with Crippen molar-refractivity contribution >= 4 is 22.1 Å². The molecule has 2 heterocycles. The van der Waals surface area contributed by atoms with Crippen LogP contribution >= 0.6 is 0 Å². The number of hydrogen-bond acceptors (Lipinski definition) is 7. The van der Waals surface area contributed by atoms with E-state index in [9.17, 15) is 22.9 Å². The molecule has 0 amide bonds. The molecule has 0 unspecified atom stereocenters. The molecule has 0 atom stereocenters. The first-order valence-electron chi connectivity index (χ1n) is 9.34. The van der Waals surface area contributed by atoms with Crippen LogP contribution in [0.1, 0.15) is 12.5 Å². The number of carbonyl (C=O) groups is 1. The van der Waals surface area contributed by atoms with E-state index in [1.165, 1.54) is 62.0 Å². The molecule has 0 aliphatic rings. The molecule has 8 nitrogen and oxygen atoms in total. The van der Waals surface area contributed by atoms with Crippen LogP contribution in [-0.2, 0) is 19.6 Å². The molecule has 0 spiro atoms. The summed E-state index contributed by atoms with van der Waals surface area (Å²) in [5.74, 6) is -1.64. The number of aromatic nitrogens is 2. The van der Waals surface area contributed by atoms with E-state index in [0.29, 0.717) is 0 Å². The predicted octanol–water partition coefficient (Wildman–Crippen LogP) is 3.40. The second kappa shape index (κ2) is 9.45. The summed E-state index contributed by atoms with van der Waals surface area (Å²) in [6, 6.07) is 11.5. The van der Waals surface area contributed by atoms with E-state index in [-0.39, 0.29) is 39.8 Å². The maximum atomic E-state index is 14.6. The van der Waals surface area contributed by atoms with E-state index in [4.69, 9.17) is 9.47 Å². The summed E-state index contributed by atoms with van der Waals surface area (Å²) in [5.41, 5.74) is -0.158. The summed E-state index contributed by atoms with van der Waals surface area (Å²) in [6.07, 6.45) is 3.73. The Labute approximate surface area is 184 Å². The molecular weight excluding hydrogens is 437 g/mol. The topological polar surface area (TPSA) is 111 Å². The molecule has 32 heavy (non-hydrogen) atoms. The van der Waals surface area contributed by atoms with Crippen LogP contribution in [0, 0.1) is 17.1 Å². The molecule has 3 rings (SSSR count). The third-order valence-electron chi connectivity index (χ3n) is 4.35. The highest BCUT2D eigenvalue weighted by Crippen LogP contribution is 2.32. The first-order valence-corrected chi connectivity index (χ1v) is 10.8. The molecule has 0 bridgehead atoms. The summed E-state index contributed by atoms with van der Waals surface area (Å²) in [5, 5.41) is 9.30. The molecule has 164 valence electrons. The largest absolute Gasteiger partial charge is 0.480 e. The van der Waals surface area contributed by atoms with Crippen molar-refractivity contribution in [2.45, 2.75) is 11.8 Å². The first-order chi connectivity index (χ1) is 15.3. The van der Waals surface area contributed by atoms with E-state index < -0.39 is 21.8 Å². The minimum absolute atomic E-state index is 0.00762. The molecule has 2 aromatic heterocycles. The summed E-state index contributed by atoms with van der Waals surface area (Å²) in [6.45, 7) is 1.65. The summed E-state index contributed by atoms with van der Waals surface area (Å²) in [4.78, 5) is 15.7. The Morgan fingerprint density at radius 1 is 1.28 bits per heavy atom. The van der Waals surface area contributed by atoms with Crippen molar-refractivity contribution in [3.8, 4) is 23.2 Å². The van der Waals surface area contributed by atoms with Gasteiger partial charge in [-0.05, 0) is 48.9 Å². The zero-order chi connectivity index (χ0) is 23.3. The minimum atomic E-state index is -4.30. The van der Waals surface area contributed by atoms with Crippen LogP contribution in [0.3, 0.4) is 0 Å². The van der Waals surface area contributed by atoms with Crippen LogP contribution in [0.4, 0.5) is 4.39 Å². The van der Waals surface area contributed by atoms with Gasteiger partial charge in [0.05, 0.1) is 19.4 Å². The standard InChI is InChI=1S/C22H18FN3O5S/c1-3-31-22(27)16(13-24)11-15-12-19(17-7-4-5-8-18(17)23)26(14-15)32(28,29)20-9-6-10-25-21(20)30-2/h4-12,14H,3H2,1-2H3/b16-11+. The Kier molecular flexibility index (Phi) is 6.70.